The van der Waals surface area contributed by atoms with Crippen molar-refractivity contribution in [1.82, 2.24) is 0 Å². The summed E-state index contributed by atoms with van der Waals surface area (Å²) < 4.78 is 0. The summed E-state index contributed by atoms with van der Waals surface area (Å²) in [6.45, 7) is 1.93. The zero-order valence-electron chi connectivity index (χ0n) is 10.4. The molecule has 0 amide bonds. The SMILES string of the molecule is Cc1cccc(C(C#N)C(=O)c2ccccc2Cl)c1. The Labute approximate surface area is 117 Å². The molecule has 0 bridgehead atoms. The second kappa shape index (κ2) is 5.69. The number of ketones is 1. The number of Topliss-reactive ketones (excluding diaryl/α,β-unsaturated/α-hetero) is 1. The molecule has 1 atom stereocenters. The van der Waals surface area contributed by atoms with Crippen LogP contribution in [0.3, 0.4) is 0 Å². The molecule has 3 heteroatoms. The summed E-state index contributed by atoms with van der Waals surface area (Å²) in [7, 11) is 0. The molecule has 2 aromatic carbocycles. The van der Waals surface area contributed by atoms with Gasteiger partial charge >= 0.3 is 0 Å². The summed E-state index contributed by atoms with van der Waals surface area (Å²) in [4.78, 5) is 12.4. The van der Waals surface area contributed by atoms with Crippen LogP contribution in [0.25, 0.3) is 0 Å². The number of halogens is 1. The molecule has 0 aliphatic heterocycles. The van der Waals surface area contributed by atoms with Crippen LogP contribution in [0.4, 0.5) is 0 Å². The Balaban J connectivity index is 2.42. The van der Waals surface area contributed by atoms with Crippen molar-refractivity contribution in [3.05, 3.63) is 70.2 Å². The van der Waals surface area contributed by atoms with Gasteiger partial charge in [0, 0.05) is 5.56 Å². The minimum Gasteiger partial charge on any atom is -0.292 e. The number of carbonyl (C=O) groups excluding carboxylic acids is 1. The predicted molar refractivity (Wildman–Crippen MR) is 75.3 cm³/mol. The van der Waals surface area contributed by atoms with Gasteiger partial charge in [-0.25, -0.2) is 0 Å². The van der Waals surface area contributed by atoms with E-state index in [9.17, 15) is 10.1 Å². The number of carbonyl (C=O) groups is 1. The minimum absolute atomic E-state index is 0.265. The number of hydrogen-bond acceptors (Lipinski definition) is 2. The van der Waals surface area contributed by atoms with Gasteiger partial charge in [0.15, 0.2) is 5.78 Å². The van der Waals surface area contributed by atoms with Crippen LogP contribution in [0, 0.1) is 18.3 Å². The van der Waals surface area contributed by atoms with E-state index in [4.69, 9.17) is 11.6 Å². The second-order valence-electron chi connectivity index (χ2n) is 4.32. The molecule has 0 aromatic heterocycles. The highest BCUT2D eigenvalue weighted by Crippen LogP contribution is 2.25. The van der Waals surface area contributed by atoms with E-state index < -0.39 is 5.92 Å². The molecule has 0 heterocycles. The van der Waals surface area contributed by atoms with Crippen molar-refractivity contribution in [2.75, 3.05) is 0 Å². The largest absolute Gasteiger partial charge is 0.292 e. The van der Waals surface area contributed by atoms with Crippen LogP contribution < -0.4 is 0 Å². The highest BCUT2D eigenvalue weighted by Gasteiger charge is 2.23. The van der Waals surface area contributed by atoms with Crippen molar-refractivity contribution < 1.29 is 4.79 Å². The summed E-state index contributed by atoms with van der Waals surface area (Å²) in [5.74, 6) is -1.08. The number of nitrogens with zero attached hydrogens (tertiary/aromatic N) is 1. The van der Waals surface area contributed by atoms with Crippen molar-refractivity contribution in [3.63, 3.8) is 0 Å². The third-order valence-corrected chi connectivity index (χ3v) is 3.24. The number of benzene rings is 2. The number of nitriles is 1. The summed E-state index contributed by atoms with van der Waals surface area (Å²) in [5.41, 5.74) is 2.11. The Bertz CT molecular complexity index is 658. The molecule has 0 saturated carbocycles. The van der Waals surface area contributed by atoms with E-state index in [2.05, 4.69) is 6.07 Å². The van der Waals surface area contributed by atoms with Crippen molar-refractivity contribution >= 4 is 17.4 Å². The second-order valence-corrected chi connectivity index (χ2v) is 4.73. The van der Waals surface area contributed by atoms with Crippen LogP contribution in [-0.4, -0.2) is 5.78 Å². The zero-order chi connectivity index (χ0) is 13.8. The van der Waals surface area contributed by atoms with E-state index in [1.54, 1.807) is 30.3 Å². The van der Waals surface area contributed by atoms with Gasteiger partial charge in [0.1, 0.15) is 5.92 Å². The molecule has 19 heavy (non-hydrogen) atoms. The van der Waals surface area contributed by atoms with Gasteiger partial charge in [-0.3, -0.25) is 4.79 Å². The van der Waals surface area contributed by atoms with Gasteiger partial charge in [-0.05, 0) is 24.6 Å². The maximum Gasteiger partial charge on any atom is 0.185 e. The van der Waals surface area contributed by atoms with Crippen LogP contribution >= 0.6 is 11.6 Å². The molecule has 94 valence electrons. The van der Waals surface area contributed by atoms with Gasteiger partial charge in [-0.1, -0.05) is 53.6 Å². The first-order valence-corrected chi connectivity index (χ1v) is 6.26. The van der Waals surface area contributed by atoms with E-state index in [0.29, 0.717) is 16.1 Å². The fraction of sp³-hybridized carbons (Fsp3) is 0.125. The molecule has 0 N–H and O–H groups in total. The van der Waals surface area contributed by atoms with E-state index in [0.717, 1.165) is 5.56 Å². The topological polar surface area (TPSA) is 40.9 Å². The highest BCUT2D eigenvalue weighted by atomic mass is 35.5. The molecular weight excluding hydrogens is 258 g/mol. The highest BCUT2D eigenvalue weighted by molar-refractivity contribution is 6.34. The van der Waals surface area contributed by atoms with Crippen molar-refractivity contribution in [3.8, 4) is 6.07 Å². The molecule has 0 saturated heterocycles. The maximum atomic E-state index is 12.4. The lowest BCUT2D eigenvalue weighted by atomic mass is 9.91. The molecular formula is C16H12ClNO. The Kier molecular flexibility index (Phi) is 3.99. The Morgan fingerprint density at radius 1 is 1.21 bits per heavy atom. The first-order valence-electron chi connectivity index (χ1n) is 5.88. The average Bonchev–Trinajstić information content (AvgIpc) is 2.40. The Hall–Kier alpha value is -2.11. The van der Waals surface area contributed by atoms with Crippen LogP contribution in [0.5, 0.6) is 0 Å². The van der Waals surface area contributed by atoms with Crippen LogP contribution in [0.15, 0.2) is 48.5 Å². The molecule has 0 spiro atoms. The molecule has 2 aromatic rings. The maximum absolute atomic E-state index is 12.4. The lowest BCUT2D eigenvalue weighted by molar-refractivity contribution is 0.0979. The molecule has 2 rings (SSSR count). The summed E-state index contributed by atoms with van der Waals surface area (Å²) in [6, 6.07) is 16.3. The standard InChI is InChI=1S/C16H12ClNO/c1-11-5-4-6-12(9-11)14(10-18)16(19)13-7-2-3-8-15(13)17/h2-9,14H,1H3. The smallest absolute Gasteiger partial charge is 0.185 e. The van der Waals surface area contributed by atoms with Gasteiger partial charge in [0.05, 0.1) is 11.1 Å². The molecule has 0 aliphatic rings. The summed E-state index contributed by atoms with van der Waals surface area (Å²) >= 11 is 6.01. The van der Waals surface area contributed by atoms with Gasteiger partial charge < -0.3 is 0 Å². The first-order chi connectivity index (χ1) is 9.13. The third-order valence-electron chi connectivity index (χ3n) is 2.91. The molecule has 0 radical (unpaired) electrons. The monoisotopic (exact) mass is 269 g/mol. The Morgan fingerprint density at radius 2 is 1.95 bits per heavy atom. The molecule has 1 unspecified atom stereocenters. The summed E-state index contributed by atoms with van der Waals surface area (Å²) in [6.07, 6.45) is 0. The normalized spacial score (nSPS) is 11.6. The lowest BCUT2D eigenvalue weighted by Crippen LogP contribution is -2.11. The number of hydrogen-bond donors (Lipinski definition) is 0. The van der Waals surface area contributed by atoms with Crippen molar-refractivity contribution in [2.45, 2.75) is 12.8 Å². The van der Waals surface area contributed by atoms with Crippen molar-refractivity contribution in [2.24, 2.45) is 0 Å². The van der Waals surface area contributed by atoms with E-state index >= 15 is 0 Å². The van der Waals surface area contributed by atoms with E-state index in [1.165, 1.54) is 0 Å². The molecule has 2 nitrogen and oxygen atoms in total. The third kappa shape index (κ3) is 2.83. The average molecular weight is 270 g/mol. The van der Waals surface area contributed by atoms with Crippen molar-refractivity contribution in [1.29, 1.82) is 5.26 Å². The van der Waals surface area contributed by atoms with Crippen LogP contribution in [0.1, 0.15) is 27.4 Å². The Morgan fingerprint density at radius 3 is 2.58 bits per heavy atom. The first kappa shape index (κ1) is 13.3. The fourth-order valence-corrected chi connectivity index (χ4v) is 2.18. The molecule has 0 fully saturated rings. The van der Waals surface area contributed by atoms with Gasteiger partial charge in [-0.2, -0.15) is 5.26 Å². The van der Waals surface area contributed by atoms with Gasteiger partial charge in [0.25, 0.3) is 0 Å². The quantitative estimate of drug-likeness (QED) is 0.786. The summed E-state index contributed by atoms with van der Waals surface area (Å²) in [5, 5.41) is 9.65. The van der Waals surface area contributed by atoms with Gasteiger partial charge in [-0.15, -0.1) is 0 Å². The lowest BCUT2D eigenvalue weighted by Gasteiger charge is -2.10. The van der Waals surface area contributed by atoms with E-state index in [-0.39, 0.29) is 5.78 Å². The van der Waals surface area contributed by atoms with Gasteiger partial charge in [0.2, 0.25) is 0 Å². The minimum atomic E-state index is -0.820. The predicted octanol–water partition coefficient (Wildman–Crippen LogP) is 4.14. The zero-order valence-corrected chi connectivity index (χ0v) is 11.2. The molecule has 0 aliphatic carbocycles. The number of rotatable bonds is 3. The van der Waals surface area contributed by atoms with Crippen LogP contribution in [0.2, 0.25) is 5.02 Å². The fourth-order valence-electron chi connectivity index (χ4n) is 1.95. The van der Waals surface area contributed by atoms with E-state index in [1.807, 2.05) is 25.1 Å². The number of aryl methyl sites for hydroxylation is 1. The van der Waals surface area contributed by atoms with Crippen LogP contribution in [-0.2, 0) is 0 Å².